The molecule has 0 saturated heterocycles. The van der Waals surface area contributed by atoms with Crippen molar-refractivity contribution in [2.75, 3.05) is 0 Å². The minimum Gasteiger partial charge on any atom is -0.298 e. The number of fused-ring (bicyclic) bond motifs is 1. The molecule has 0 bridgehead atoms. The van der Waals surface area contributed by atoms with E-state index in [2.05, 4.69) is 10.1 Å². The van der Waals surface area contributed by atoms with Gasteiger partial charge in [-0.2, -0.15) is 13.2 Å². The second-order valence-corrected chi connectivity index (χ2v) is 2.82. The van der Waals surface area contributed by atoms with Crippen LogP contribution in [0.4, 0.5) is 13.2 Å². The van der Waals surface area contributed by atoms with E-state index in [1.54, 1.807) is 0 Å². The molecule has 2 rings (SSSR count). The van der Waals surface area contributed by atoms with Crippen LogP contribution in [0.1, 0.15) is 16.2 Å². The van der Waals surface area contributed by atoms with Crippen LogP contribution in [0.3, 0.4) is 0 Å². The zero-order valence-electron chi connectivity index (χ0n) is 7.19. The van der Waals surface area contributed by atoms with E-state index < -0.39 is 12.0 Å². The van der Waals surface area contributed by atoms with Crippen molar-refractivity contribution < 1.29 is 18.0 Å². The number of hydrogen-bond donors (Lipinski definition) is 0. The van der Waals surface area contributed by atoms with Gasteiger partial charge in [-0.1, -0.05) is 0 Å². The lowest BCUT2D eigenvalue weighted by Gasteiger charge is -1.96. The molecular formula is C8H4F3N3O. The number of halogens is 3. The van der Waals surface area contributed by atoms with Crippen molar-refractivity contribution in [3.05, 3.63) is 29.7 Å². The largest absolute Gasteiger partial charge is 0.453 e. The lowest BCUT2D eigenvalue weighted by Crippen LogP contribution is -2.07. The third-order valence-corrected chi connectivity index (χ3v) is 1.74. The molecule has 0 aliphatic heterocycles. The Hall–Kier alpha value is -1.92. The van der Waals surface area contributed by atoms with Crippen LogP contribution in [-0.2, 0) is 6.18 Å². The topological polar surface area (TPSA) is 47.3 Å². The molecule has 0 radical (unpaired) electrons. The van der Waals surface area contributed by atoms with E-state index >= 15 is 0 Å². The summed E-state index contributed by atoms with van der Waals surface area (Å²) in [5.74, 6) is -1.22. The number of hydrogen-bond acceptors (Lipinski definition) is 3. The first-order chi connectivity index (χ1) is 7.00. The van der Waals surface area contributed by atoms with Crippen LogP contribution in [0.5, 0.6) is 0 Å². The van der Waals surface area contributed by atoms with Gasteiger partial charge in [0.15, 0.2) is 11.9 Å². The van der Waals surface area contributed by atoms with Gasteiger partial charge in [-0.3, -0.25) is 4.79 Å². The van der Waals surface area contributed by atoms with Crippen molar-refractivity contribution in [2.24, 2.45) is 0 Å². The molecule has 15 heavy (non-hydrogen) atoms. The van der Waals surface area contributed by atoms with Crippen LogP contribution in [0.15, 0.2) is 18.3 Å². The monoisotopic (exact) mass is 215 g/mol. The van der Waals surface area contributed by atoms with Crippen LogP contribution >= 0.6 is 0 Å². The Morgan fingerprint density at radius 1 is 1.33 bits per heavy atom. The first-order valence-electron chi connectivity index (χ1n) is 3.89. The Morgan fingerprint density at radius 3 is 2.67 bits per heavy atom. The van der Waals surface area contributed by atoms with E-state index in [9.17, 15) is 18.0 Å². The Kier molecular flexibility index (Phi) is 1.95. The predicted octanol–water partition coefficient (Wildman–Crippen LogP) is 1.56. The molecule has 0 saturated carbocycles. The fourth-order valence-corrected chi connectivity index (χ4v) is 1.09. The maximum absolute atomic E-state index is 12.2. The minimum absolute atomic E-state index is 0.0490. The normalized spacial score (nSPS) is 11.9. The van der Waals surface area contributed by atoms with Crippen molar-refractivity contribution in [3.8, 4) is 0 Å². The number of rotatable bonds is 1. The van der Waals surface area contributed by atoms with Crippen molar-refractivity contribution in [1.29, 1.82) is 0 Å². The van der Waals surface area contributed by atoms with Crippen LogP contribution in [0.25, 0.3) is 5.65 Å². The van der Waals surface area contributed by atoms with Gasteiger partial charge < -0.3 is 0 Å². The van der Waals surface area contributed by atoms with Crippen LogP contribution in [0.2, 0.25) is 0 Å². The highest BCUT2D eigenvalue weighted by Gasteiger charge is 2.36. The Balaban J connectivity index is 2.61. The maximum atomic E-state index is 12.2. The standard InChI is InChI=1S/C8H4F3N3O/c9-8(10,11)7-12-6-2-1-5(4-15)3-14(6)13-7/h1-4H. The molecule has 4 nitrogen and oxygen atoms in total. The lowest BCUT2D eigenvalue weighted by molar-refractivity contribution is -0.144. The highest BCUT2D eigenvalue weighted by atomic mass is 19.4. The zero-order chi connectivity index (χ0) is 11.1. The number of aldehydes is 1. The van der Waals surface area contributed by atoms with Gasteiger partial charge >= 0.3 is 6.18 Å². The third-order valence-electron chi connectivity index (χ3n) is 1.74. The van der Waals surface area contributed by atoms with Gasteiger partial charge in [0.2, 0.25) is 0 Å². The van der Waals surface area contributed by atoms with Crippen LogP contribution in [-0.4, -0.2) is 20.9 Å². The molecule has 0 aromatic carbocycles. The predicted molar refractivity (Wildman–Crippen MR) is 43.4 cm³/mol. The second kappa shape index (κ2) is 3.04. The molecule has 0 spiro atoms. The third kappa shape index (κ3) is 1.67. The molecule has 2 heterocycles. The molecule has 0 unspecified atom stereocenters. The summed E-state index contributed by atoms with van der Waals surface area (Å²) in [6.45, 7) is 0. The first-order valence-corrected chi connectivity index (χ1v) is 3.89. The maximum Gasteiger partial charge on any atom is 0.453 e. The number of aromatic nitrogens is 3. The molecule has 0 amide bonds. The van der Waals surface area contributed by atoms with Gasteiger partial charge in [0.1, 0.15) is 0 Å². The number of carbonyl (C=O) groups is 1. The van der Waals surface area contributed by atoms with E-state index in [1.165, 1.54) is 18.3 Å². The number of nitrogens with zero attached hydrogens (tertiary/aromatic N) is 3. The first kappa shape index (κ1) is 9.63. The Labute approximate surface area is 81.3 Å². The number of alkyl halides is 3. The quantitative estimate of drug-likeness (QED) is 0.678. The smallest absolute Gasteiger partial charge is 0.298 e. The fourth-order valence-electron chi connectivity index (χ4n) is 1.09. The van der Waals surface area contributed by atoms with Gasteiger partial charge in [0.05, 0.1) is 0 Å². The molecular weight excluding hydrogens is 211 g/mol. The SMILES string of the molecule is O=Cc1ccc2nc(C(F)(F)F)nn2c1. The number of carbonyl (C=O) groups excluding carboxylic acids is 1. The summed E-state index contributed by atoms with van der Waals surface area (Å²) in [6.07, 6.45) is -2.87. The summed E-state index contributed by atoms with van der Waals surface area (Å²) >= 11 is 0. The van der Waals surface area contributed by atoms with E-state index in [0.29, 0.717) is 6.29 Å². The Morgan fingerprint density at radius 2 is 2.07 bits per heavy atom. The molecule has 2 aromatic rings. The summed E-state index contributed by atoms with van der Waals surface area (Å²) in [6, 6.07) is 2.67. The summed E-state index contributed by atoms with van der Waals surface area (Å²) < 4.78 is 37.5. The van der Waals surface area contributed by atoms with Gasteiger partial charge in [0.25, 0.3) is 5.82 Å². The summed E-state index contributed by atoms with van der Waals surface area (Å²) in [5.41, 5.74) is 0.286. The van der Waals surface area contributed by atoms with Crippen molar-refractivity contribution >= 4 is 11.9 Å². The van der Waals surface area contributed by atoms with Crippen molar-refractivity contribution in [1.82, 2.24) is 14.6 Å². The molecule has 0 aliphatic rings. The minimum atomic E-state index is -4.58. The number of pyridine rings is 1. The van der Waals surface area contributed by atoms with Crippen LogP contribution in [0, 0.1) is 0 Å². The zero-order valence-corrected chi connectivity index (χ0v) is 7.19. The summed E-state index contributed by atoms with van der Waals surface area (Å²) in [4.78, 5) is 13.6. The second-order valence-electron chi connectivity index (χ2n) is 2.82. The average molecular weight is 215 g/mol. The Bertz CT molecular complexity index is 517. The van der Waals surface area contributed by atoms with E-state index in [1.807, 2.05) is 0 Å². The molecule has 2 aromatic heterocycles. The molecule has 7 heteroatoms. The fraction of sp³-hybridized carbons (Fsp3) is 0.125. The van der Waals surface area contributed by atoms with Gasteiger partial charge in [-0.15, -0.1) is 5.10 Å². The van der Waals surface area contributed by atoms with E-state index in [4.69, 9.17) is 0 Å². The van der Waals surface area contributed by atoms with E-state index in [0.717, 1.165) is 4.52 Å². The van der Waals surface area contributed by atoms with Crippen LogP contribution < -0.4 is 0 Å². The lowest BCUT2D eigenvalue weighted by atomic mass is 10.3. The average Bonchev–Trinajstić information content (AvgIpc) is 2.59. The molecule has 0 atom stereocenters. The van der Waals surface area contributed by atoms with Gasteiger partial charge in [-0.05, 0) is 12.1 Å². The summed E-state index contributed by atoms with van der Waals surface area (Å²) in [7, 11) is 0. The molecule has 0 fully saturated rings. The molecule has 0 N–H and O–H groups in total. The highest BCUT2D eigenvalue weighted by molar-refractivity contribution is 5.74. The van der Waals surface area contributed by atoms with Gasteiger partial charge in [0, 0.05) is 11.8 Å². The highest BCUT2D eigenvalue weighted by Crippen LogP contribution is 2.26. The molecule has 78 valence electrons. The summed E-state index contributed by atoms with van der Waals surface area (Å²) in [5, 5.41) is 3.21. The van der Waals surface area contributed by atoms with Gasteiger partial charge in [-0.25, -0.2) is 9.50 Å². The van der Waals surface area contributed by atoms with Crippen molar-refractivity contribution in [3.63, 3.8) is 0 Å². The molecule has 0 aliphatic carbocycles. The van der Waals surface area contributed by atoms with E-state index in [-0.39, 0.29) is 11.2 Å². The van der Waals surface area contributed by atoms with Crippen molar-refractivity contribution in [2.45, 2.75) is 6.18 Å².